The van der Waals surface area contributed by atoms with Crippen LogP contribution in [-0.2, 0) is 16.1 Å². The maximum Gasteiger partial charge on any atom is 0.338 e. The molecule has 0 unspecified atom stereocenters. The molecule has 0 aliphatic rings. The Morgan fingerprint density at radius 1 is 1.17 bits per heavy atom. The fourth-order valence-corrected chi connectivity index (χ4v) is 2.21. The number of halogens is 1. The fourth-order valence-electron chi connectivity index (χ4n) is 1.83. The van der Waals surface area contributed by atoms with Gasteiger partial charge in [-0.3, -0.25) is 4.79 Å². The molecule has 0 aliphatic heterocycles. The third-order valence-electron chi connectivity index (χ3n) is 3.16. The minimum Gasteiger partial charge on any atom is -0.452 e. The molecule has 0 saturated heterocycles. The molecule has 23 heavy (non-hydrogen) atoms. The van der Waals surface area contributed by atoms with Gasteiger partial charge in [-0.2, -0.15) is 0 Å². The van der Waals surface area contributed by atoms with E-state index in [1.54, 1.807) is 36.4 Å². The molecule has 1 amide bonds. The molecule has 0 atom stereocenters. The predicted molar refractivity (Wildman–Crippen MR) is 90.2 cm³/mol. The summed E-state index contributed by atoms with van der Waals surface area (Å²) in [5, 5.41) is 11.6. The van der Waals surface area contributed by atoms with E-state index in [4.69, 9.17) is 9.84 Å². The molecule has 0 aliphatic carbocycles. The van der Waals surface area contributed by atoms with Crippen molar-refractivity contribution >= 4 is 33.5 Å². The third-order valence-corrected chi connectivity index (χ3v) is 4.02. The summed E-state index contributed by atoms with van der Waals surface area (Å²) in [7, 11) is 0. The first-order valence-corrected chi connectivity index (χ1v) is 7.72. The van der Waals surface area contributed by atoms with E-state index in [9.17, 15) is 9.59 Å². The van der Waals surface area contributed by atoms with Crippen molar-refractivity contribution in [3.8, 4) is 0 Å². The minimum atomic E-state index is -0.588. The van der Waals surface area contributed by atoms with Gasteiger partial charge < -0.3 is 15.2 Å². The standard InChI is InChI=1S/C17H16BrNO4/c1-11-2-7-14(8-15(11)18)19-16(21)10-23-17(22)13-5-3-12(9-20)4-6-13/h2-8,20H,9-10H2,1H3,(H,19,21). The molecule has 2 aromatic rings. The lowest BCUT2D eigenvalue weighted by molar-refractivity contribution is -0.119. The highest BCUT2D eigenvalue weighted by Gasteiger charge is 2.10. The first-order chi connectivity index (χ1) is 11.0. The minimum absolute atomic E-state index is 0.0934. The molecule has 0 saturated carbocycles. The first kappa shape index (κ1) is 17.2. The quantitative estimate of drug-likeness (QED) is 0.785. The Labute approximate surface area is 142 Å². The van der Waals surface area contributed by atoms with Crippen LogP contribution in [-0.4, -0.2) is 23.6 Å². The summed E-state index contributed by atoms with van der Waals surface area (Å²) in [5.74, 6) is -1.00. The van der Waals surface area contributed by atoms with E-state index in [1.807, 2.05) is 13.0 Å². The molecule has 0 radical (unpaired) electrons. The van der Waals surface area contributed by atoms with Crippen LogP contribution in [0.1, 0.15) is 21.5 Å². The summed E-state index contributed by atoms with van der Waals surface area (Å²) in [6.45, 7) is 1.48. The van der Waals surface area contributed by atoms with Crippen LogP contribution < -0.4 is 5.32 Å². The van der Waals surface area contributed by atoms with E-state index >= 15 is 0 Å². The zero-order valence-corrected chi connectivity index (χ0v) is 14.1. The lowest BCUT2D eigenvalue weighted by atomic mass is 10.1. The van der Waals surface area contributed by atoms with Crippen molar-refractivity contribution in [2.75, 3.05) is 11.9 Å². The highest BCUT2D eigenvalue weighted by molar-refractivity contribution is 9.10. The zero-order chi connectivity index (χ0) is 16.8. The Kier molecular flexibility index (Phi) is 5.90. The molecule has 2 rings (SSSR count). The van der Waals surface area contributed by atoms with Crippen LogP contribution in [0, 0.1) is 6.92 Å². The van der Waals surface area contributed by atoms with Crippen molar-refractivity contribution in [2.24, 2.45) is 0 Å². The fraction of sp³-hybridized carbons (Fsp3) is 0.176. The number of nitrogens with one attached hydrogen (secondary N) is 1. The highest BCUT2D eigenvalue weighted by Crippen LogP contribution is 2.20. The van der Waals surface area contributed by atoms with Gasteiger partial charge in [0, 0.05) is 10.2 Å². The van der Waals surface area contributed by atoms with Gasteiger partial charge in [-0.1, -0.05) is 34.1 Å². The van der Waals surface area contributed by atoms with E-state index in [2.05, 4.69) is 21.2 Å². The summed E-state index contributed by atoms with van der Waals surface area (Å²) >= 11 is 3.39. The molecule has 0 heterocycles. The van der Waals surface area contributed by atoms with E-state index in [-0.39, 0.29) is 13.2 Å². The number of esters is 1. The second-order valence-electron chi connectivity index (χ2n) is 4.94. The smallest absolute Gasteiger partial charge is 0.338 e. The number of hydrogen-bond donors (Lipinski definition) is 2. The molecule has 2 aromatic carbocycles. The van der Waals surface area contributed by atoms with Crippen molar-refractivity contribution in [3.63, 3.8) is 0 Å². The molecule has 6 heteroatoms. The van der Waals surface area contributed by atoms with Crippen molar-refractivity contribution in [2.45, 2.75) is 13.5 Å². The first-order valence-electron chi connectivity index (χ1n) is 6.92. The number of aliphatic hydroxyl groups excluding tert-OH is 1. The Hall–Kier alpha value is -2.18. The molecule has 5 nitrogen and oxygen atoms in total. The highest BCUT2D eigenvalue weighted by atomic mass is 79.9. The maximum atomic E-state index is 11.8. The number of amides is 1. The lowest BCUT2D eigenvalue weighted by Gasteiger charge is -2.08. The Bertz CT molecular complexity index is 713. The lowest BCUT2D eigenvalue weighted by Crippen LogP contribution is -2.21. The molecule has 120 valence electrons. The van der Waals surface area contributed by atoms with Crippen molar-refractivity contribution < 1.29 is 19.4 Å². The summed E-state index contributed by atoms with van der Waals surface area (Å²) < 4.78 is 5.85. The third kappa shape index (κ3) is 4.91. The molecule has 2 N–H and O–H groups in total. The van der Waals surface area contributed by atoms with E-state index in [1.165, 1.54) is 0 Å². The Balaban J connectivity index is 1.87. The van der Waals surface area contributed by atoms with Gasteiger partial charge in [-0.25, -0.2) is 4.79 Å². The van der Waals surface area contributed by atoms with Gasteiger partial charge in [0.05, 0.1) is 12.2 Å². The number of carbonyl (C=O) groups is 2. The van der Waals surface area contributed by atoms with Crippen molar-refractivity contribution in [3.05, 3.63) is 63.6 Å². The second kappa shape index (κ2) is 7.89. The van der Waals surface area contributed by atoms with E-state index in [0.717, 1.165) is 10.0 Å². The van der Waals surface area contributed by atoms with E-state index in [0.29, 0.717) is 16.8 Å². The van der Waals surface area contributed by atoms with Crippen LogP contribution in [0.2, 0.25) is 0 Å². The number of aliphatic hydroxyl groups is 1. The van der Waals surface area contributed by atoms with Crippen LogP contribution in [0.4, 0.5) is 5.69 Å². The van der Waals surface area contributed by atoms with Gasteiger partial charge in [0.1, 0.15) is 0 Å². The van der Waals surface area contributed by atoms with E-state index < -0.39 is 11.9 Å². The van der Waals surface area contributed by atoms with Gasteiger partial charge in [-0.15, -0.1) is 0 Å². The van der Waals surface area contributed by atoms with Gasteiger partial charge in [0.15, 0.2) is 6.61 Å². The molecular formula is C17H16BrNO4. The maximum absolute atomic E-state index is 11.8. The van der Waals surface area contributed by atoms with Gasteiger partial charge >= 0.3 is 5.97 Å². The molecular weight excluding hydrogens is 362 g/mol. The van der Waals surface area contributed by atoms with Crippen LogP contribution in [0.15, 0.2) is 46.9 Å². The van der Waals surface area contributed by atoms with Crippen LogP contribution in [0.25, 0.3) is 0 Å². The number of hydrogen-bond acceptors (Lipinski definition) is 4. The second-order valence-corrected chi connectivity index (χ2v) is 5.80. The largest absolute Gasteiger partial charge is 0.452 e. The molecule has 0 aromatic heterocycles. The molecule has 0 bridgehead atoms. The number of benzene rings is 2. The van der Waals surface area contributed by atoms with Crippen LogP contribution in [0.3, 0.4) is 0 Å². The topological polar surface area (TPSA) is 75.6 Å². The Morgan fingerprint density at radius 2 is 1.87 bits per heavy atom. The van der Waals surface area contributed by atoms with Gasteiger partial charge in [0.25, 0.3) is 5.91 Å². The summed E-state index contributed by atoms with van der Waals surface area (Å²) in [4.78, 5) is 23.6. The normalized spacial score (nSPS) is 10.2. The number of rotatable bonds is 5. The predicted octanol–water partition coefficient (Wildman–Crippen LogP) is 3.05. The van der Waals surface area contributed by atoms with Crippen LogP contribution >= 0.6 is 15.9 Å². The van der Waals surface area contributed by atoms with Crippen molar-refractivity contribution in [1.29, 1.82) is 0 Å². The van der Waals surface area contributed by atoms with Crippen LogP contribution in [0.5, 0.6) is 0 Å². The number of ether oxygens (including phenoxy) is 1. The summed E-state index contributed by atoms with van der Waals surface area (Å²) in [6.07, 6.45) is 0. The average Bonchev–Trinajstić information content (AvgIpc) is 2.56. The molecule has 0 spiro atoms. The summed E-state index contributed by atoms with van der Waals surface area (Å²) in [6, 6.07) is 11.8. The molecule has 0 fully saturated rings. The van der Waals surface area contributed by atoms with Crippen molar-refractivity contribution in [1.82, 2.24) is 0 Å². The average molecular weight is 378 g/mol. The SMILES string of the molecule is Cc1ccc(NC(=O)COC(=O)c2ccc(CO)cc2)cc1Br. The van der Waals surface area contributed by atoms with Gasteiger partial charge in [-0.05, 0) is 42.3 Å². The Morgan fingerprint density at radius 3 is 2.48 bits per heavy atom. The number of anilines is 1. The number of aryl methyl sites for hydroxylation is 1. The van der Waals surface area contributed by atoms with Gasteiger partial charge in [0.2, 0.25) is 0 Å². The monoisotopic (exact) mass is 377 g/mol. The summed E-state index contributed by atoms with van der Waals surface area (Å²) in [5.41, 5.74) is 2.70. The number of carbonyl (C=O) groups excluding carboxylic acids is 2. The zero-order valence-electron chi connectivity index (χ0n) is 12.5.